The van der Waals surface area contributed by atoms with Gasteiger partial charge < -0.3 is 10.2 Å². The molecule has 1 saturated heterocycles. The smallest absolute Gasteiger partial charge is 0.0602 e. The molecule has 1 fully saturated rings. The molecule has 1 N–H and O–H groups in total. The van der Waals surface area contributed by atoms with Gasteiger partial charge in [0.15, 0.2) is 0 Å². The molecular formula is C22H31N3. The fourth-order valence-electron chi connectivity index (χ4n) is 3.77. The molecule has 1 aliphatic rings. The minimum atomic E-state index is 0.369. The molecule has 3 nitrogen and oxygen atoms in total. The minimum absolute atomic E-state index is 0.369. The number of hydrogen-bond acceptors (Lipinski definition) is 3. The summed E-state index contributed by atoms with van der Waals surface area (Å²) in [6.07, 6.45) is 2.56. The summed E-state index contributed by atoms with van der Waals surface area (Å²) in [6.45, 7) is 6.99. The van der Waals surface area contributed by atoms with E-state index in [9.17, 15) is 0 Å². The summed E-state index contributed by atoms with van der Waals surface area (Å²) in [7, 11) is 2.03. The Morgan fingerprint density at radius 1 is 0.800 bits per heavy atom. The Labute approximate surface area is 152 Å². The second-order valence-electron chi connectivity index (χ2n) is 6.91. The van der Waals surface area contributed by atoms with E-state index in [2.05, 4.69) is 75.8 Å². The largest absolute Gasteiger partial charge is 0.320 e. The Bertz CT molecular complexity index is 552. The molecule has 0 radical (unpaired) electrons. The second kappa shape index (κ2) is 9.71. The molecule has 0 atom stereocenters. The number of piperazine rings is 1. The third kappa shape index (κ3) is 5.15. The average molecular weight is 338 g/mol. The van der Waals surface area contributed by atoms with Crippen molar-refractivity contribution in [3.05, 3.63) is 71.8 Å². The lowest BCUT2D eigenvalue weighted by Gasteiger charge is -2.39. The van der Waals surface area contributed by atoms with Crippen molar-refractivity contribution in [2.75, 3.05) is 46.3 Å². The van der Waals surface area contributed by atoms with Crippen LogP contribution < -0.4 is 5.32 Å². The van der Waals surface area contributed by atoms with Gasteiger partial charge >= 0.3 is 0 Å². The standard InChI is InChI=1S/C22H31N3/c1-23-14-8-9-15-24-16-18-25(19-17-24)22(20-10-4-2-5-11-20)21-12-6-3-7-13-21/h2-7,10-13,22-23H,8-9,14-19H2,1H3. The Morgan fingerprint density at radius 3 is 1.88 bits per heavy atom. The molecule has 134 valence electrons. The van der Waals surface area contributed by atoms with E-state index in [1.807, 2.05) is 7.05 Å². The van der Waals surface area contributed by atoms with Crippen molar-refractivity contribution in [1.29, 1.82) is 0 Å². The first-order valence-corrected chi connectivity index (χ1v) is 9.59. The summed E-state index contributed by atoms with van der Waals surface area (Å²) >= 11 is 0. The molecule has 2 aromatic carbocycles. The zero-order chi connectivity index (χ0) is 17.3. The van der Waals surface area contributed by atoms with E-state index in [0.717, 1.165) is 19.6 Å². The van der Waals surface area contributed by atoms with E-state index in [1.165, 1.54) is 43.6 Å². The van der Waals surface area contributed by atoms with Gasteiger partial charge in [-0.15, -0.1) is 0 Å². The summed E-state index contributed by atoms with van der Waals surface area (Å²) in [6, 6.07) is 22.3. The van der Waals surface area contributed by atoms with Crippen LogP contribution in [-0.4, -0.2) is 56.1 Å². The Hall–Kier alpha value is -1.68. The van der Waals surface area contributed by atoms with E-state index in [1.54, 1.807) is 0 Å². The summed E-state index contributed by atoms with van der Waals surface area (Å²) < 4.78 is 0. The van der Waals surface area contributed by atoms with Crippen LogP contribution in [-0.2, 0) is 0 Å². The fraction of sp³-hybridized carbons (Fsp3) is 0.455. The molecule has 0 saturated carbocycles. The highest BCUT2D eigenvalue weighted by Crippen LogP contribution is 2.29. The first-order valence-electron chi connectivity index (χ1n) is 9.59. The Kier molecular flexibility index (Phi) is 7.04. The first-order chi connectivity index (χ1) is 12.4. The third-order valence-corrected chi connectivity index (χ3v) is 5.15. The Morgan fingerprint density at radius 2 is 1.36 bits per heavy atom. The van der Waals surface area contributed by atoms with Crippen molar-refractivity contribution in [1.82, 2.24) is 15.1 Å². The molecule has 0 unspecified atom stereocenters. The molecule has 0 aromatic heterocycles. The highest BCUT2D eigenvalue weighted by molar-refractivity contribution is 5.31. The normalized spacial score (nSPS) is 16.4. The van der Waals surface area contributed by atoms with Crippen molar-refractivity contribution < 1.29 is 0 Å². The number of unbranched alkanes of at least 4 members (excludes halogenated alkanes) is 1. The predicted molar refractivity (Wildman–Crippen MR) is 106 cm³/mol. The van der Waals surface area contributed by atoms with Crippen LogP contribution in [0.25, 0.3) is 0 Å². The van der Waals surface area contributed by atoms with Crippen LogP contribution in [0.5, 0.6) is 0 Å². The van der Waals surface area contributed by atoms with Crippen LogP contribution in [0, 0.1) is 0 Å². The van der Waals surface area contributed by atoms with Crippen molar-refractivity contribution in [3.8, 4) is 0 Å². The zero-order valence-corrected chi connectivity index (χ0v) is 15.4. The van der Waals surface area contributed by atoms with Crippen LogP contribution in [0.3, 0.4) is 0 Å². The average Bonchev–Trinajstić information content (AvgIpc) is 2.68. The highest BCUT2D eigenvalue weighted by atomic mass is 15.3. The van der Waals surface area contributed by atoms with Crippen molar-refractivity contribution in [2.24, 2.45) is 0 Å². The van der Waals surface area contributed by atoms with E-state index in [0.29, 0.717) is 6.04 Å². The summed E-state index contributed by atoms with van der Waals surface area (Å²) in [5.74, 6) is 0. The number of rotatable bonds is 8. The van der Waals surface area contributed by atoms with Crippen molar-refractivity contribution >= 4 is 0 Å². The van der Waals surface area contributed by atoms with E-state index < -0.39 is 0 Å². The summed E-state index contributed by atoms with van der Waals surface area (Å²) in [4.78, 5) is 5.27. The van der Waals surface area contributed by atoms with Crippen LogP contribution in [0.1, 0.15) is 30.0 Å². The molecule has 0 bridgehead atoms. The molecule has 0 aliphatic carbocycles. The molecule has 3 rings (SSSR count). The van der Waals surface area contributed by atoms with Gasteiger partial charge in [-0.25, -0.2) is 0 Å². The molecule has 2 aromatic rings. The SMILES string of the molecule is CNCCCCN1CCN(C(c2ccccc2)c2ccccc2)CC1. The summed E-state index contributed by atoms with van der Waals surface area (Å²) in [5.41, 5.74) is 2.80. The molecule has 1 aliphatic heterocycles. The lowest BCUT2D eigenvalue weighted by Crippen LogP contribution is -2.48. The second-order valence-corrected chi connectivity index (χ2v) is 6.91. The molecule has 1 heterocycles. The number of nitrogens with one attached hydrogen (secondary N) is 1. The van der Waals surface area contributed by atoms with Crippen LogP contribution in [0.2, 0.25) is 0 Å². The first kappa shape index (κ1) is 18.1. The van der Waals surface area contributed by atoms with Gasteiger partial charge in [0, 0.05) is 26.2 Å². The van der Waals surface area contributed by atoms with Crippen LogP contribution in [0.15, 0.2) is 60.7 Å². The molecule has 3 heteroatoms. The molecular weight excluding hydrogens is 306 g/mol. The van der Waals surface area contributed by atoms with Crippen molar-refractivity contribution in [2.45, 2.75) is 18.9 Å². The molecule has 25 heavy (non-hydrogen) atoms. The van der Waals surface area contributed by atoms with Gasteiger partial charge in [-0.1, -0.05) is 60.7 Å². The van der Waals surface area contributed by atoms with Gasteiger partial charge in [-0.05, 0) is 44.1 Å². The van der Waals surface area contributed by atoms with Gasteiger partial charge in [0.05, 0.1) is 6.04 Å². The van der Waals surface area contributed by atoms with Crippen LogP contribution >= 0.6 is 0 Å². The van der Waals surface area contributed by atoms with Gasteiger partial charge in [-0.3, -0.25) is 4.90 Å². The summed E-state index contributed by atoms with van der Waals surface area (Å²) in [5, 5.41) is 3.24. The lowest BCUT2D eigenvalue weighted by molar-refractivity contribution is 0.108. The quantitative estimate of drug-likeness (QED) is 0.745. The number of benzene rings is 2. The molecule has 0 amide bonds. The van der Waals surface area contributed by atoms with Crippen LogP contribution in [0.4, 0.5) is 0 Å². The monoisotopic (exact) mass is 337 g/mol. The topological polar surface area (TPSA) is 18.5 Å². The Balaban J connectivity index is 1.63. The predicted octanol–water partition coefficient (Wildman–Crippen LogP) is 3.39. The maximum Gasteiger partial charge on any atom is 0.0602 e. The van der Waals surface area contributed by atoms with Gasteiger partial charge in [0.25, 0.3) is 0 Å². The minimum Gasteiger partial charge on any atom is -0.320 e. The third-order valence-electron chi connectivity index (χ3n) is 5.15. The zero-order valence-electron chi connectivity index (χ0n) is 15.4. The van der Waals surface area contributed by atoms with Crippen molar-refractivity contribution in [3.63, 3.8) is 0 Å². The molecule has 0 spiro atoms. The lowest BCUT2D eigenvalue weighted by atomic mass is 9.96. The number of nitrogens with zero attached hydrogens (tertiary/aromatic N) is 2. The van der Waals surface area contributed by atoms with E-state index >= 15 is 0 Å². The maximum atomic E-state index is 3.24. The van der Waals surface area contributed by atoms with Gasteiger partial charge in [-0.2, -0.15) is 0 Å². The van der Waals surface area contributed by atoms with Gasteiger partial charge in [0.2, 0.25) is 0 Å². The highest BCUT2D eigenvalue weighted by Gasteiger charge is 2.25. The maximum absolute atomic E-state index is 3.24. The van der Waals surface area contributed by atoms with Gasteiger partial charge in [0.1, 0.15) is 0 Å². The number of hydrogen-bond donors (Lipinski definition) is 1. The van der Waals surface area contributed by atoms with E-state index in [-0.39, 0.29) is 0 Å². The fourth-order valence-corrected chi connectivity index (χ4v) is 3.77. The van der Waals surface area contributed by atoms with E-state index in [4.69, 9.17) is 0 Å².